The Kier molecular flexibility index (Phi) is 6.78. The molecular formula is C21H26N2O3. The molecule has 0 atom stereocenters. The number of para-hydroxylation sites is 1. The quantitative estimate of drug-likeness (QED) is 0.803. The van der Waals surface area contributed by atoms with E-state index in [2.05, 4.69) is 5.32 Å². The van der Waals surface area contributed by atoms with Crippen LogP contribution in [0.2, 0.25) is 0 Å². The van der Waals surface area contributed by atoms with E-state index in [9.17, 15) is 14.7 Å². The van der Waals surface area contributed by atoms with Crippen molar-refractivity contribution in [2.75, 3.05) is 7.05 Å². The monoisotopic (exact) mass is 354 g/mol. The maximum absolute atomic E-state index is 12.2. The van der Waals surface area contributed by atoms with Crippen molar-refractivity contribution in [3.8, 4) is 5.75 Å². The van der Waals surface area contributed by atoms with Gasteiger partial charge in [-0.15, -0.1) is 0 Å². The number of benzene rings is 2. The molecule has 26 heavy (non-hydrogen) atoms. The van der Waals surface area contributed by atoms with Gasteiger partial charge in [0.2, 0.25) is 5.91 Å². The van der Waals surface area contributed by atoms with Crippen molar-refractivity contribution in [1.29, 1.82) is 0 Å². The highest BCUT2D eigenvalue weighted by Gasteiger charge is 2.14. The Hall–Kier alpha value is -2.82. The molecule has 0 fully saturated rings. The Bertz CT molecular complexity index is 754. The van der Waals surface area contributed by atoms with Gasteiger partial charge in [0.25, 0.3) is 5.91 Å². The molecule has 0 aliphatic rings. The van der Waals surface area contributed by atoms with Crippen LogP contribution in [0.1, 0.15) is 41.8 Å². The molecule has 0 bridgehead atoms. The van der Waals surface area contributed by atoms with Gasteiger partial charge in [-0.05, 0) is 49.6 Å². The molecule has 0 saturated heterocycles. The molecule has 138 valence electrons. The third-order valence-electron chi connectivity index (χ3n) is 4.40. The second-order valence-corrected chi connectivity index (χ2v) is 6.61. The van der Waals surface area contributed by atoms with E-state index < -0.39 is 0 Å². The van der Waals surface area contributed by atoms with Crippen LogP contribution in [0.5, 0.6) is 5.75 Å². The van der Waals surface area contributed by atoms with Gasteiger partial charge < -0.3 is 15.3 Å². The van der Waals surface area contributed by atoms with Crippen LogP contribution in [-0.2, 0) is 17.8 Å². The van der Waals surface area contributed by atoms with Crippen LogP contribution in [0.15, 0.2) is 48.5 Å². The van der Waals surface area contributed by atoms with Crippen molar-refractivity contribution >= 4 is 11.8 Å². The molecule has 2 N–H and O–H groups in total. The smallest absolute Gasteiger partial charge is 0.253 e. The summed E-state index contributed by atoms with van der Waals surface area (Å²) in [5.74, 6) is 0.123. The summed E-state index contributed by atoms with van der Waals surface area (Å²) in [6.45, 7) is 4.35. The van der Waals surface area contributed by atoms with Gasteiger partial charge in [-0.1, -0.05) is 30.3 Å². The topological polar surface area (TPSA) is 69.6 Å². The van der Waals surface area contributed by atoms with Crippen molar-refractivity contribution in [3.05, 3.63) is 65.2 Å². The summed E-state index contributed by atoms with van der Waals surface area (Å²) in [6.07, 6.45) is 0.806. The summed E-state index contributed by atoms with van der Waals surface area (Å²) in [7, 11) is 1.78. The van der Waals surface area contributed by atoms with Crippen LogP contribution in [0.4, 0.5) is 0 Å². The summed E-state index contributed by atoms with van der Waals surface area (Å²) in [5, 5.41) is 12.6. The first-order valence-corrected chi connectivity index (χ1v) is 8.78. The first kappa shape index (κ1) is 19.5. The third-order valence-corrected chi connectivity index (χ3v) is 4.40. The minimum Gasteiger partial charge on any atom is -0.508 e. The maximum Gasteiger partial charge on any atom is 0.253 e. The third kappa shape index (κ3) is 5.34. The molecular weight excluding hydrogens is 328 g/mol. The number of nitrogens with one attached hydrogen (secondary N) is 1. The summed E-state index contributed by atoms with van der Waals surface area (Å²) < 4.78 is 0. The van der Waals surface area contributed by atoms with E-state index in [0.29, 0.717) is 24.9 Å². The molecule has 0 aromatic heterocycles. The van der Waals surface area contributed by atoms with Gasteiger partial charge in [-0.25, -0.2) is 0 Å². The van der Waals surface area contributed by atoms with Gasteiger partial charge in [0.05, 0.1) is 0 Å². The molecule has 2 aromatic carbocycles. The highest BCUT2D eigenvalue weighted by molar-refractivity contribution is 5.94. The number of aryl methyl sites for hydroxylation is 1. The van der Waals surface area contributed by atoms with E-state index in [0.717, 1.165) is 11.1 Å². The second kappa shape index (κ2) is 9.04. The van der Waals surface area contributed by atoms with Gasteiger partial charge in [-0.2, -0.15) is 0 Å². The first-order valence-electron chi connectivity index (χ1n) is 8.78. The molecule has 2 rings (SSSR count). The Morgan fingerprint density at radius 2 is 1.73 bits per heavy atom. The number of aromatic hydroxyl groups is 1. The molecule has 2 aromatic rings. The molecule has 0 unspecified atom stereocenters. The maximum atomic E-state index is 12.2. The van der Waals surface area contributed by atoms with Gasteiger partial charge in [-0.3, -0.25) is 9.59 Å². The van der Waals surface area contributed by atoms with Gasteiger partial charge in [0.1, 0.15) is 5.75 Å². The number of hydrogen-bond donors (Lipinski definition) is 2. The van der Waals surface area contributed by atoms with Crippen LogP contribution < -0.4 is 5.32 Å². The highest BCUT2D eigenvalue weighted by atomic mass is 16.3. The number of rotatable bonds is 7. The van der Waals surface area contributed by atoms with Crippen LogP contribution in [0.3, 0.4) is 0 Å². The molecule has 0 aliphatic carbocycles. The van der Waals surface area contributed by atoms with Crippen LogP contribution in [-0.4, -0.2) is 34.9 Å². The number of amides is 2. The van der Waals surface area contributed by atoms with Crippen LogP contribution >= 0.6 is 0 Å². The van der Waals surface area contributed by atoms with Crippen molar-refractivity contribution < 1.29 is 14.7 Å². The lowest BCUT2D eigenvalue weighted by atomic mass is 10.1. The molecule has 2 amide bonds. The number of hydrogen-bond acceptors (Lipinski definition) is 3. The largest absolute Gasteiger partial charge is 0.508 e. The first-order chi connectivity index (χ1) is 12.4. The number of phenolic OH excluding ortho intramolecular Hbond substituents is 1. The molecule has 5 heteroatoms. The van der Waals surface area contributed by atoms with E-state index in [4.69, 9.17) is 0 Å². The fourth-order valence-electron chi connectivity index (χ4n) is 2.46. The van der Waals surface area contributed by atoms with Crippen LogP contribution in [0, 0.1) is 0 Å². The van der Waals surface area contributed by atoms with E-state index >= 15 is 0 Å². The molecule has 0 heterocycles. The lowest BCUT2D eigenvalue weighted by Crippen LogP contribution is -2.32. The van der Waals surface area contributed by atoms with E-state index in [1.165, 1.54) is 0 Å². The zero-order valence-corrected chi connectivity index (χ0v) is 15.5. The van der Waals surface area contributed by atoms with Crippen molar-refractivity contribution in [3.63, 3.8) is 0 Å². The molecule has 0 spiro atoms. The summed E-state index contributed by atoms with van der Waals surface area (Å²) in [4.78, 5) is 25.9. The predicted molar refractivity (Wildman–Crippen MR) is 102 cm³/mol. The SMILES string of the molecule is CC(C)N(C)C(=O)c1ccc(CNC(=O)CCc2ccccc2O)cc1. The average molecular weight is 354 g/mol. The van der Waals surface area contributed by atoms with E-state index in [1.807, 2.05) is 38.1 Å². The fraction of sp³-hybridized carbons (Fsp3) is 0.333. The van der Waals surface area contributed by atoms with Gasteiger partial charge >= 0.3 is 0 Å². The number of carbonyl (C=O) groups excluding carboxylic acids is 2. The molecule has 0 aliphatic heterocycles. The lowest BCUT2D eigenvalue weighted by Gasteiger charge is -2.21. The Labute approximate surface area is 154 Å². The normalized spacial score (nSPS) is 10.6. The molecule has 0 saturated carbocycles. The zero-order valence-electron chi connectivity index (χ0n) is 15.5. The Morgan fingerprint density at radius 1 is 1.08 bits per heavy atom. The van der Waals surface area contributed by atoms with Crippen molar-refractivity contribution in [1.82, 2.24) is 10.2 Å². The summed E-state index contributed by atoms with van der Waals surface area (Å²) in [6, 6.07) is 14.4. The molecule has 5 nitrogen and oxygen atoms in total. The lowest BCUT2D eigenvalue weighted by molar-refractivity contribution is -0.121. The Morgan fingerprint density at radius 3 is 2.35 bits per heavy atom. The minimum atomic E-state index is -0.0760. The summed E-state index contributed by atoms with van der Waals surface area (Å²) >= 11 is 0. The number of phenols is 1. The summed E-state index contributed by atoms with van der Waals surface area (Å²) in [5.41, 5.74) is 2.33. The Balaban J connectivity index is 1.83. The second-order valence-electron chi connectivity index (χ2n) is 6.61. The highest BCUT2D eigenvalue weighted by Crippen LogP contribution is 2.17. The molecule has 0 radical (unpaired) electrons. The van der Waals surface area contributed by atoms with Crippen LogP contribution in [0.25, 0.3) is 0 Å². The average Bonchev–Trinajstić information content (AvgIpc) is 2.64. The van der Waals surface area contributed by atoms with E-state index in [-0.39, 0.29) is 23.6 Å². The van der Waals surface area contributed by atoms with Gasteiger partial charge in [0.15, 0.2) is 0 Å². The predicted octanol–water partition coefficient (Wildman–Crippen LogP) is 3.12. The standard InChI is InChI=1S/C21H26N2O3/c1-15(2)23(3)21(26)18-10-8-16(9-11-18)14-22-20(25)13-12-17-6-4-5-7-19(17)24/h4-11,15,24H,12-14H2,1-3H3,(H,22,25). The van der Waals surface area contributed by atoms with Crippen molar-refractivity contribution in [2.24, 2.45) is 0 Å². The van der Waals surface area contributed by atoms with Gasteiger partial charge in [0, 0.05) is 31.6 Å². The number of carbonyl (C=O) groups is 2. The fourth-order valence-corrected chi connectivity index (χ4v) is 2.46. The van der Waals surface area contributed by atoms with Crippen molar-refractivity contribution in [2.45, 2.75) is 39.3 Å². The number of nitrogens with zero attached hydrogens (tertiary/aromatic N) is 1. The zero-order chi connectivity index (χ0) is 19.1. The minimum absolute atomic E-state index is 0.0155. The van der Waals surface area contributed by atoms with E-state index in [1.54, 1.807) is 36.2 Å².